The van der Waals surface area contributed by atoms with E-state index in [0.717, 1.165) is 22.0 Å². The topological polar surface area (TPSA) is 55.0 Å². The van der Waals surface area contributed by atoms with E-state index in [1.54, 1.807) is 25.1 Å². The van der Waals surface area contributed by atoms with Crippen molar-refractivity contribution < 1.29 is 9.53 Å². The van der Waals surface area contributed by atoms with Crippen molar-refractivity contribution in [2.45, 2.75) is 13.5 Å². The maximum atomic E-state index is 11.9. The normalized spacial score (nSPS) is 11.4. The van der Waals surface area contributed by atoms with Crippen molar-refractivity contribution in [3.05, 3.63) is 75.4 Å². The first-order chi connectivity index (χ1) is 13.0. The fourth-order valence-corrected chi connectivity index (χ4v) is 3.32. The summed E-state index contributed by atoms with van der Waals surface area (Å²) in [5.41, 5.74) is 2.61. The molecule has 1 aromatic heterocycles. The first-order valence-electron chi connectivity index (χ1n) is 8.34. The molecule has 0 amide bonds. The predicted octanol–water partition coefficient (Wildman–Crippen LogP) is 5.47. The van der Waals surface area contributed by atoms with Gasteiger partial charge in [-0.2, -0.15) is 5.26 Å². The summed E-state index contributed by atoms with van der Waals surface area (Å²) in [5, 5.41) is 11.4. The molecule has 3 rings (SSSR count). The van der Waals surface area contributed by atoms with Crippen LogP contribution in [0.1, 0.15) is 18.1 Å². The van der Waals surface area contributed by atoms with Crippen LogP contribution in [0, 0.1) is 11.3 Å². The lowest BCUT2D eigenvalue weighted by Gasteiger charge is -2.08. The van der Waals surface area contributed by atoms with Crippen molar-refractivity contribution in [1.82, 2.24) is 4.57 Å². The zero-order valence-electron chi connectivity index (χ0n) is 14.6. The fourth-order valence-electron chi connectivity index (χ4n) is 2.86. The number of para-hydroxylation sites is 1. The van der Waals surface area contributed by atoms with Crippen LogP contribution in [-0.2, 0) is 16.1 Å². The van der Waals surface area contributed by atoms with Crippen molar-refractivity contribution in [1.29, 1.82) is 5.26 Å². The molecule has 0 saturated heterocycles. The van der Waals surface area contributed by atoms with Crippen LogP contribution in [0.15, 0.2) is 54.2 Å². The van der Waals surface area contributed by atoms with E-state index in [1.807, 2.05) is 47.2 Å². The van der Waals surface area contributed by atoms with Crippen molar-refractivity contribution in [3.8, 4) is 6.07 Å². The van der Waals surface area contributed by atoms with E-state index < -0.39 is 5.97 Å². The number of esters is 1. The van der Waals surface area contributed by atoms with Crippen LogP contribution in [0.4, 0.5) is 0 Å². The number of ether oxygens (including phenoxy) is 1. The zero-order chi connectivity index (χ0) is 19.4. The Bertz CT molecular complexity index is 1080. The number of carbonyl (C=O) groups is 1. The summed E-state index contributed by atoms with van der Waals surface area (Å²) < 4.78 is 6.97. The Morgan fingerprint density at radius 2 is 2.04 bits per heavy atom. The Labute approximate surface area is 167 Å². The molecule has 3 aromatic rings. The van der Waals surface area contributed by atoms with Crippen LogP contribution < -0.4 is 0 Å². The van der Waals surface area contributed by atoms with E-state index in [9.17, 15) is 10.1 Å². The van der Waals surface area contributed by atoms with Gasteiger partial charge in [0, 0.05) is 39.3 Å². The first-order valence-corrected chi connectivity index (χ1v) is 9.09. The third kappa shape index (κ3) is 4.16. The molecule has 0 spiro atoms. The van der Waals surface area contributed by atoms with Gasteiger partial charge in [0.2, 0.25) is 0 Å². The molecule has 6 heteroatoms. The molecule has 4 nitrogen and oxygen atoms in total. The Morgan fingerprint density at radius 3 is 2.74 bits per heavy atom. The average Bonchev–Trinajstić information content (AvgIpc) is 3.00. The summed E-state index contributed by atoms with van der Waals surface area (Å²) in [6.07, 6.45) is 3.45. The second kappa shape index (κ2) is 8.30. The second-order valence-electron chi connectivity index (χ2n) is 5.86. The molecular weight excluding hydrogens is 383 g/mol. The average molecular weight is 399 g/mol. The number of carbonyl (C=O) groups excluding carboxylic acids is 1. The van der Waals surface area contributed by atoms with Crippen LogP contribution >= 0.6 is 23.2 Å². The minimum Gasteiger partial charge on any atom is -0.462 e. The van der Waals surface area contributed by atoms with E-state index in [0.29, 0.717) is 16.6 Å². The van der Waals surface area contributed by atoms with Gasteiger partial charge in [-0.1, -0.05) is 47.5 Å². The first kappa shape index (κ1) is 19.0. The number of benzene rings is 2. The molecule has 0 bridgehead atoms. The lowest BCUT2D eigenvalue weighted by molar-refractivity contribution is -0.137. The molecule has 0 unspecified atom stereocenters. The van der Waals surface area contributed by atoms with E-state index in [2.05, 4.69) is 0 Å². The summed E-state index contributed by atoms with van der Waals surface area (Å²) in [6, 6.07) is 15.1. The Kier molecular flexibility index (Phi) is 5.85. The Hall–Kier alpha value is -2.74. The minimum atomic E-state index is -0.627. The summed E-state index contributed by atoms with van der Waals surface area (Å²) in [5.74, 6) is -0.627. The van der Waals surface area contributed by atoms with Gasteiger partial charge in [0.15, 0.2) is 0 Å². The van der Waals surface area contributed by atoms with E-state index in [4.69, 9.17) is 27.9 Å². The third-order valence-electron chi connectivity index (χ3n) is 4.09. The molecule has 0 aliphatic heterocycles. The Morgan fingerprint density at radius 1 is 1.26 bits per heavy atom. The van der Waals surface area contributed by atoms with Crippen LogP contribution in [0.25, 0.3) is 17.0 Å². The van der Waals surface area contributed by atoms with E-state index >= 15 is 0 Å². The van der Waals surface area contributed by atoms with Gasteiger partial charge in [-0.15, -0.1) is 0 Å². The molecule has 0 fully saturated rings. The van der Waals surface area contributed by atoms with Crippen LogP contribution in [-0.4, -0.2) is 17.1 Å². The van der Waals surface area contributed by atoms with Gasteiger partial charge in [-0.25, -0.2) is 4.79 Å². The van der Waals surface area contributed by atoms with Gasteiger partial charge in [0.05, 0.1) is 6.61 Å². The van der Waals surface area contributed by atoms with Crippen molar-refractivity contribution in [2.75, 3.05) is 6.61 Å². The third-order valence-corrected chi connectivity index (χ3v) is 4.68. The van der Waals surface area contributed by atoms with Crippen molar-refractivity contribution in [2.24, 2.45) is 0 Å². The number of nitriles is 1. The SMILES string of the molecule is CCOC(=O)C(C#N)=Cc1cn(Cc2ccc(Cl)cc2Cl)c2ccccc12. The monoisotopic (exact) mass is 398 g/mol. The van der Waals surface area contributed by atoms with Gasteiger partial charge in [0.1, 0.15) is 11.6 Å². The van der Waals surface area contributed by atoms with Gasteiger partial charge < -0.3 is 9.30 Å². The van der Waals surface area contributed by atoms with Crippen LogP contribution in [0.3, 0.4) is 0 Å². The molecular formula is C21H16Cl2N2O2. The van der Waals surface area contributed by atoms with Crippen molar-refractivity contribution in [3.63, 3.8) is 0 Å². The number of aromatic nitrogens is 1. The minimum absolute atomic E-state index is 0.0377. The summed E-state index contributed by atoms with van der Waals surface area (Å²) in [7, 11) is 0. The number of nitrogens with zero attached hydrogens (tertiary/aromatic N) is 2. The van der Waals surface area contributed by atoms with E-state index in [1.165, 1.54) is 0 Å². The highest BCUT2D eigenvalue weighted by Crippen LogP contribution is 2.27. The lowest BCUT2D eigenvalue weighted by atomic mass is 10.1. The fraction of sp³-hybridized carbons (Fsp3) is 0.143. The molecule has 27 heavy (non-hydrogen) atoms. The second-order valence-corrected chi connectivity index (χ2v) is 6.70. The number of rotatable bonds is 5. The molecule has 0 N–H and O–H groups in total. The molecule has 0 saturated carbocycles. The van der Waals surface area contributed by atoms with E-state index in [-0.39, 0.29) is 12.2 Å². The predicted molar refractivity (Wildman–Crippen MR) is 108 cm³/mol. The van der Waals surface area contributed by atoms with Crippen molar-refractivity contribution >= 4 is 46.2 Å². The maximum absolute atomic E-state index is 11.9. The smallest absolute Gasteiger partial charge is 0.348 e. The highest BCUT2D eigenvalue weighted by atomic mass is 35.5. The molecule has 136 valence electrons. The highest BCUT2D eigenvalue weighted by Gasteiger charge is 2.14. The number of hydrogen-bond donors (Lipinski definition) is 0. The number of halogens is 2. The molecule has 0 atom stereocenters. The highest BCUT2D eigenvalue weighted by molar-refractivity contribution is 6.35. The van der Waals surface area contributed by atoms with Gasteiger partial charge >= 0.3 is 5.97 Å². The molecule has 0 aliphatic rings. The molecule has 1 heterocycles. The van der Waals surface area contributed by atoms with Gasteiger partial charge in [0.25, 0.3) is 0 Å². The summed E-state index contributed by atoms with van der Waals surface area (Å²) in [6.45, 7) is 2.45. The maximum Gasteiger partial charge on any atom is 0.348 e. The molecule has 2 aromatic carbocycles. The van der Waals surface area contributed by atoms with Gasteiger partial charge in [-0.3, -0.25) is 0 Å². The zero-order valence-corrected chi connectivity index (χ0v) is 16.1. The Balaban J connectivity index is 2.06. The standard InChI is InChI=1S/C21H16Cl2N2O2/c1-2-27-21(26)15(11-24)9-16-13-25(20-6-4-3-5-18(16)20)12-14-7-8-17(22)10-19(14)23/h3-10,13H,2,12H2,1H3. The number of hydrogen-bond acceptors (Lipinski definition) is 3. The number of fused-ring (bicyclic) bond motifs is 1. The quantitative estimate of drug-likeness (QED) is 0.325. The molecule has 0 radical (unpaired) electrons. The largest absolute Gasteiger partial charge is 0.462 e. The van der Waals surface area contributed by atoms with Gasteiger partial charge in [-0.05, 0) is 36.8 Å². The summed E-state index contributed by atoms with van der Waals surface area (Å²) in [4.78, 5) is 11.9. The summed E-state index contributed by atoms with van der Waals surface area (Å²) >= 11 is 12.3. The lowest BCUT2D eigenvalue weighted by Crippen LogP contribution is -2.05. The van der Waals surface area contributed by atoms with Crippen LogP contribution in [0.5, 0.6) is 0 Å². The van der Waals surface area contributed by atoms with Crippen LogP contribution in [0.2, 0.25) is 10.0 Å². The molecule has 0 aliphatic carbocycles.